The van der Waals surface area contributed by atoms with Crippen LogP contribution in [0.5, 0.6) is 0 Å². The van der Waals surface area contributed by atoms with Gasteiger partial charge in [0.2, 0.25) is 0 Å². The monoisotopic (exact) mass is 198 g/mol. The van der Waals surface area contributed by atoms with Crippen LogP contribution in [0.15, 0.2) is 12.2 Å². The maximum Gasteiger partial charge on any atom is 0.0661 e. The smallest absolute Gasteiger partial charge is 0.0661 e. The van der Waals surface area contributed by atoms with Crippen molar-refractivity contribution in [1.82, 2.24) is 0 Å². The molecule has 1 rings (SSSR count). The lowest BCUT2D eigenvalue weighted by atomic mass is 9.87. The Hall–Kier alpha value is -0.340. The summed E-state index contributed by atoms with van der Waals surface area (Å²) in [6.45, 7) is 10.2. The Balaban J connectivity index is 2.53. The number of ether oxygens (including phenoxy) is 2. The van der Waals surface area contributed by atoms with E-state index < -0.39 is 0 Å². The Morgan fingerprint density at radius 2 is 2.29 bits per heavy atom. The molecule has 0 aromatic carbocycles. The van der Waals surface area contributed by atoms with E-state index in [1.807, 2.05) is 0 Å². The Morgan fingerprint density at radius 3 is 2.79 bits per heavy atom. The molecule has 2 heteroatoms. The molecule has 1 saturated heterocycles. The maximum absolute atomic E-state index is 5.53. The molecule has 0 aliphatic carbocycles. The van der Waals surface area contributed by atoms with Crippen LogP contribution < -0.4 is 0 Å². The van der Waals surface area contributed by atoms with Crippen LogP contribution in [0.1, 0.15) is 26.7 Å². The van der Waals surface area contributed by atoms with Crippen molar-refractivity contribution in [2.75, 3.05) is 20.3 Å². The quantitative estimate of drug-likeness (QED) is 0.646. The summed E-state index contributed by atoms with van der Waals surface area (Å²) in [4.78, 5) is 0. The molecule has 82 valence electrons. The van der Waals surface area contributed by atoms with Crippen LogP contribution in [0.3, 0.4) is 0 Å². The summed E-state index contributed by atoms with van der Waals surface area (Å²) in [7, 11) is 1.79. The van der Waals surface area contributed by atoms with Gasteiger partial charge in [0.05, 0.1) is 19.3 Å². The van der Waals surface area contributed by atoms with Crippen LogP contribution in [-0.2, 0) is 9.47 Å². The second-order valence-corrected chi connectivity index (χ2v) is 4.49. The average Bonchev–Trinajstić information content (AvgIpc) is 2.15. The van der Waals surface area contributed by atoms with Crippen LogP contribution in [0.2, 0.25) is 0 Å². The molecule has 1 aliphatic heterocycles. The molecule has 0 bridgehead atoms. The van der Waals surface area contributed by atoms with Gasteiger partial charge < -0.3 is 9.47 Å². The zero-order chi connectivity index (χ0) is 10.6. The Morgan fingerprint density at radius 1 is 1.57 bits per heavy atom. The molecular formula is C12H22O2. The number of hydrogen-bond acceptors (Lipinski definition) is 2. The maximum atomic E-state index is 5.53. The molecule has 1 heterocycles. The molecular weight excluding hydrogens is 176 g/mol. The molecule has 1 fully saturated rings. The van der Waals surface area contributed by atoms with E-state index in [1.165, 1.54) is 5.57 Å². The zero-order valence-corrected chi connectivity index (χ0v) is 9.58. The van der Waals surface area contributed by atoms with Gasteiger partial charge in [-0.25, -0.2) is 0 Å². The first-order chi connectivity index (χ1) is 6.65. The fourth-order valence-electron chi connectivity index (χ4n) is 1.98. The molecule has 0 aromatic heterocycles. The Labute approximate surface area is 87.3 Å². The standard InChI is InChI=1S/C12H22O2/c1-9(2)7-12(13-4)11-8-14-6-5-10(11)3/h9,11-12H,3,5-8H2,1-2,4H3. The highest BCUT2D eigenvalue weighted by atomic mass is 16.5. The highest BCUT2D eigenvalue weighted by molar-refractivity contribution is 5.05. The summed E-state index contributed by atoms with van der Waals surface area (Å²) in [6, 6.07) is 0. The summed E-state index contributed by atoms with van der Waals surface area (Å²) >= 11 is 0. The van der Waals surface area contributed by atoms with E-state index in [4.69, 9.17) is 9.47 Å². The molecule has 0 saturated carbocycles. The lowest BCUT2D eigenvalue weighted by Gasteiger charge is -2.32. The highest BCUT2D eigenvalue weighted by Crippen LogP contribution is 2.27. The zero-order valence-electron chi connectivity index (χ0n) is 9.58. The molecule has 14 heavy (non-hydrogen) atoms. The van der Waals surface area contributed by atoms with Gasteiger partial charge in [0, 0.05) is 13.0 Å². The van der Waals surface area contributed by atoms with Gasteiger partial charge in [-0.2, -0.15) is 0 Å². The largest absolute Gasteiger partial charge is 0.381 e. The van der Waals surface area contributed by atoms with E-state index in [9.17, 15) is 0 Å². The van der Waals surface area contributed by atoms with Crippen molar-refractivity contribution in [3.05, 3.63) is 12.2 Å². The molecule has 2 nitrogen and oxygen atoms in total. The Bertz CT molecular complexity index is 187. The number of rotatable bonds is 4. The van der Waals surface area contributed by atoms with Gasteiger partial charge in [0.25, 0.3) is 0 Å². The average molecular weight is 198 g/mol. The van der Waals surface area contributed by atoms with Gasteiger partial charge >= 0.3 is 0 Å². The minimum Gasteiger partial charge on any atom is -0.381 e. The second-order valence-electron chi connectivity index (χ2n) is 4.49. The van der Waals surface area contributed by atoms with Crippen molar-refractivity contribution in [3.63, 3.8) is 0 Å². The molecule has 0 spiro atoms. The molecule has 2 unspecified atom stereocenters. The van der Waals surface area contributed by atoms with Crippen molar-refractivity contribution in [1.29, 1.82) is 0 Å². The molecule has 2 atom stereocenters. The van der Waals surface area contributed by atoms with Gasteiger partial charge in [-0.3, -0.25) is 0 Å². The van der Waals surface area contributed by atoms with E-state index in [0.29, 0.717) is 11.8 Å². The van der Waals surface area contributed by atoms with E-state index in [0.717, 1.165) is 26.1 Å². The van der Waals surface area contributed by atoms with E-state index in [1.54, 1.807) is 7.11 Å². The van der Waals surface area contributed by atoms with E-state index >= 15 is 0 Å². The van der Waals surface area contributed by atoms with E-state index in [2.05, 4.69) is 20.4 Å². The summed E-state index contributed by atoms with van der Waals surface area (Å²) in [5.41, 5.74) is 1.30. The molecule has 1 aliphatic rings. The third-order valence-electron chi connectivity index (χ3n) is 2.84. The lowest BCUT2D eigenvalue weighted by molar-refractivity contribution is -0.0112. The highest BCUT2D eigenvalue weighted by Gasteiger charge is 2.27. The van der Waals surface area contributed by atoms with Crippen LogP contribution in [0.4, 0.5) is 0 Å². The number of methoxy groups -OCH3 is 1. The van der Waals surface area contributed by atoms with Gasteiger partial charge in [-0.1, -0.05) is 26.0 Å². The summed E-state index contributed by atoms with van der Waals surface area (Å²) in [6.07, 6.45) is 2.36. The summed E-state index contributed by atoms with van der Waals surface area (Å²) < 4.78 is 11.0. The molecule has 0 aromatic rings. The third-order valence-corrected chi connectivity index (χ3v) is 2.84. The minimum atomic E-state index is 0.280. The molecule has 0 amide bonds. The number of hydrogen-bond donors (Lipinski definition) is 0. The third kappa shape index (κ3) is 3.10. The fraction of sp³-hybridized carbons (Fsp3) is 0.833. The minimum absolute atomic E-state index is 0.280. The van der Waals surface area contributed by atoms with Crippen LogP contribution >= 0.6 is 0 Å². The predicted molar refractivity (Wildman–Crippen MR) is 58.3 cm³/mol. The predicted octanol–water partition coefficient (Wildman–Crippen LogP) is 2.64. The van der Waals surface area contributed by atoms with Crippen molar-refractivity contribution >= 4 is 0 Å². The van der Waals surface area contributed by atoms with E-state index in [-0.39, 0.29) is 6.10 Å². The van der Waals surface area contributed by atoms with Crippen molar-refractivity contribution < 1.29 is 9.47 Å². The Kier molecular flexibility index (Phi) is 4.63. The molecule has 0 N–H and O–H groups in total. The van der Waals surface area contributed by atoms with Gasteiger partial charge in [-0.05, 0) is 18.8 Å². The first kappa shape index (κ1) is 11.7. The van der Waals surface area contributed by atoms with Gasteiger partial charge in [0.15, 0.2) is 0 Å². The van der Waals surface area contributed by atoms with Crippen molar-refractivity contribution in [2.45, 2.75) is 32.8 Å². The van der Waals surface area contributed by atoms with Gasteiger partial charge in [0.1, 0.15) is 0 Å². The second kappa shape index (κ2) is 5.52. The van der Waals surface area contributed by atoms with Crippen molar-refractivity contribution in [2.24, 2.45) is 11.8 Å². The normalized spacial score (nSPS) is 25.4. The lowest BCUT2D eigenvalue weighted by Crippen LogP contribution is -2.33. The van der Waals surface area contributed by atoms with Crippen molar-refractivity contribution in [3.8, 4) is 0 Å². The SMILES string of the molecule is C=C1CCOCC1C(CC(C)C)OC. The first-order valence-electron chi connectivity index (χ1n) is 5.43. The van der Waals surface area contributed by atoms with Crippen LogP contribution in [-0.4, -0.2) is 26.4 Å². The topological polar surface area (TPSA) is 18.5 Å². The summed E-state index contributed by atoms with van der Waals surface area (Å²) in [5.74, 6) is 1.06. The van der Waals surface area contributed by atoms with Crippen LogP contribution in [0, 0.1) is 11.8 Å². The molecule has 0 radical (unpaired) electrons. The summed E-state index contributed by atoms with van der Waals surface area (Å²) in [5, 5.41) is 0. The van der Waals surface area contributed by atoms with Crippen LogP contribution in [0.25, 0.3) is 0 Å². The first-order valence-corrected chi connectivity index (χ1v) is 5.43. The van der Waals surface area contributed by atoms with Gasteiger partial charge in [-0.15, -0.1) is 0 Å². The fourth-order valence-corrected chi connectivity index (χ4v) is 1.98.